The number of piperidine rings is 2. The Morgan fingerprint density at radius 3 is 2.61 bits per heavy atom. The third-order valence-corrected chi connectivity index (χ3v) is 7.79. The minimum absolute atomic E-state index is 0.0107. The lowest BCUT2D eigenvalue weighted by Crippen LogP contribution is -2.68. The molecule has 3 saturated heterocycles. The second-order valence-electron chi connectivity index (χ2n) is 10.1. The highest BCUT2D eigenvalue weighted by molar-refractivity contribution is 6.01. The monoisotopic (exact) mass is 537 g/mol. The second-order valence-corrected chi connectivity index (χ2v) is 10.1. The van der Waals surface area contributed by atoms with Crippen molar-refractivity contribution in [2.75, 3.05) is 6.54 Å². The van der Waals surface area contributed by atoms with E-state index in [1.165, 1.54) is 0 Å². The molecular weight excluding hydrogens is 513 g/mol. The predicted molar refractivity (Wildman–Crippen MR) is 123 cm³/mol. The highest BCUT2D eigenvalue weighted by Gasteiger charge is 2.60. The lowest BCUT2D eigenvalue weighted by molar-refractivity contribution is -0.179. The van der Waals surface area contributed by atoms with Gasteiger partial charge in [-0.15, -0.1) is 0 Å². The first-order valence-corrected chi connectivity index (χ1v) is 12.3. The van der Waals surface area contributed by atoms with E-state index in [1.807, 2.05) is 6.07 Å². The number of alkyl halides is 4. The second kappa shape index (κ2) is 9.56. The fraction of sp³-hybridized carbons (Fsp3) is 0.520. The third-order valence-electron chi connectivity index (χ3n) is 7.79. The molecule has 2 aromatic rings. The van der Waals surface area contributed by atoms with Crippen molar-refractivity contribution in [2.24, 2.45) is 11.8 Å². The van der Waals surface area contributed by atoms with Crippen LogP contribution in [0.5, 0.6) is 0 Å². The number of H-pyrrole nitrogens is 1. The van der Waals surface area contributed by atoms with Crippen molar-refractivity contribution in [2.45, 2.75) is 62.6 Å². The van der Waals surface area contributed by atoms with Crippen LogP contribution < -0.4 is 10.6 Å². The summed E-state index contributed by atoms with van der Waals surface area (Å²) in [5, 5.41) is 14.5. The average Bonchev–Trinajstić information content (AvgIpc) is 3.47. The maximum Gasteiger partial charge on any atom is 0.271 e. The number of carbonyl (C=O) groups excluding carboxylic acids is 3. The Bertz CT molecular complexity index is 1340. The number of aromatic amines is 1. The van der Waals surface area contributed by atoms with Crippen LogP contribution >= 0.6 is 0 Å². The van der Waals surface area contributed by atoms with Gasteiger partial charge in [0.25, 0.3) is 18.3 Å². The van der Waals surface area contributed by atoms with Crippen molar-refractivity contribution in [3.63, 3.8) is 0 Å². The Kier molecular flexibility index (Phi) is 6.53. The highest BCUT2D eigenvalue weighted by atomic mass is 19.3. The van der Waals surface area contributed by atoms with Crippen molar-refractivity contribution >= 4 is 28.6 Å². The van der Waals surface area contributed by atoms with E-state index in [-0.39, 0.29) is 41.8 Å². The van der Waals surface area contributed by atoms with Gasteiger partial charge in [-0.3, -0.25) is 14.4 Å². The molecule has 5 atom stereocenters. The fourth-order valence-corrected chi connectivity index (χ4v) is 6.02. The van der Waals surface area contributed by atoms with Gasteiger partial charge in [0.15, 0.2) is 0 Å². The number of benzene rings is 1. The van der Waals surface area contributed by atoms with Crippen LogP contribution in [0.15, 0.2) is 18.2 Å². The quantitative estimate of drug-likeness (QED) is 0.490. The van der Waals surface area contributed by atoms with Gasteiger partial charge in [0, 0.05) is 41.4 Å². The maximum atomic E-state index is 14.9. The Hall–Kier alpha value is -3.69. The summed E-state index contributed by atoms with van der Waals surface area (Å²) in [6.07, 6.45) is -3.07. The van der Waals surface area contributed by atoms with Gasteiger partial charge in [0.1, 0.15) is 23.6 Å². The first-order chi connectivity index (χ1) is 18.0. The number of hydrogen-bond donors (Lipinski definition) is 3. The number of nitriles is 1. The number of hydrogen-bond acceptors (Lipinski definition) is 4. The van der Waals surface area contributed by atoms with E-state index in [9.17, 15) is 41.6 Å². The molecule has 2 bridgehead atoms. The standard InChI is InChI=1S/C25H24F5N5O3/c26-12-6-16(21(27)28)15-8-19(34-18(15)7-12)24(38)35-14-1-2-17(25(29,30)9-14)20(35)23(37)33-13(10-31)5-11-3-4-32-22(11)36/h6-8,11,13-14,17,20-21,34H,1-5,9H2,(H,32,36)(H,33,37)/t11-,13-,14+,17+,20-/m1/s1. The van der Waals surface area contributed by atoms with Gasteiger partial charge in [-0.2, -0.15) is 5.26 Å². The first-order valence-electron chi connectivity index (χ1n) is 12.3. The number of amides is 3. The molecule has 3 N–H and O–H groups in total. The van der Waals surface area contributed by atoms with Gasteiger partial charge in [-0.25, -0.2) is 22.0 Å². The largest absolute Gasteiger partial charge is 0.356 e. The molecule has 8 nitrogen and oxygen atoms in total. The van der Waals surface area contributed by atoms with Gasteiger partial charge in [0.05, 0.1) is 12.0 Å². The third kappa shape index (κ3) is 4.46. The predicted octanol–water partition coefficient (Wildman–Crippen LogP) is 3.41. The summed E-state index contributed by atoms with van der Waals surface area (Å²) >= 11 is 0. The zero-order chi connectivity index (χ0) is 27.4. The van der Waals surface area contributed by atoms with E-state index in [0.717, 1.165) is 17.0 Å². The van der Waals surface area contributed by atoms with Crippen LogP contribution in [0, 0.1) is 29.0 Å². The number of halogens is 5. The number of nitrogens with one attached hydrogen (secondary N) is 3. The Balaban J connectivity index is 1.46. The first kappa shape index (κ1) is 25.9. The zero-order valence-electron chi connectivity index (χ0n) is 19.9. The summed E-state index contributed by atoms with van der Waals surface area (Å²) < 4.78 is 70.7. The lowest BCUT2D eigenvalue weighted by Gasteiger charge is -2.53. The summed E-state index contributed by atoms with van der Waals surface area (Å²) in [7, 11) is 0. The van der Waals surface area contributed by atoms with Crippen LogP contribution in [-0.2, 0) is 9.59 Å². The Morgan fingerprint density at radius 1 is 1.21 bits per heavy atom. The molecule has 1 aliphatic carbocycles. The van der Waals surface area contributed by atoms with Crippen molar-refractivity contribution in [3.05, 3.63) is 35.3 Å². The van der Waals surface area contributed by atoms with E-state index < -0.39 is 71.9 Å². The van der Waals surface area contributed by atoms with Gasteiger partial charge >= 0.3 is 0 Å². The summed E-state index contributed by atoms with van der Waals surface area (Å²) in [4.78, 5) is 42.5. The van der Waals surface area contributed by atoms with Crippen molar-refractivity contribution in [3.8, 4) is 6.07 Å². The van der Waals surface area contributed by atoms with Crippen molar-refractivity contribution < 1.29 is 36.3 Å². The summed E-state index contributed by atoms with van der Waals surface area (Å²) in [5.41, 5.74) is -0.957. The molecule has 6 rings (SSSR count). The van der Waals surface area contributed by atoms with E-state index in [4.69, 9.17) is 0 Å². The summed E-state index contributed by atoms with van der Waals surface area (Å²) in [6, 6.07) is 0.789. The molecule has 38 heavy (non-hydrogen) atoms. The molecule has 4 aliphatic rings. The number of fused-ring (bicyclic) bond motifs is 4. The van der Waals surface area contributed by atoms with Crippen LogP contribution in [0.3, 0.4) is 0 Å². The number of rotatable bonds is 6. The topological polar surface area (TPSA) is 118 Å². The molecule has 0 unspecified atom stereocenters. The van der Waals surface area contributed by atoms with Crippen LogP contribution in [0.1, 0.15) is 54.6 Å². The molecule has 0 spiro atoms. The molecule has 1 saturated carbocycles. The molecule has 0 radical (unpaired) electrons. The Morgan fingerprint density at radius 2 is 1.97 bits per heavy atom. The van der Waals surface area contributed by atoms with Crippen LogP contribution in [0.2, 0.25) is 0 Å². The SMILES string of the molecule is N#C[C@@H](C[C@H]1CCNC1=O)NC(=O)[C@H]1[C@@H]2CC[C@@H](CC2(F)F)N1C(=O)c1cc2c(C(F)F)cc(F)cc2[nH]1. The minimum atomic E-state index is -3.25. The molecule has 1 aromatic carbocycles. The average molecular weight is 537 g/mol. The Labute approximate surface area is 213 Å². The highest BCUT2D eigenvalue weighted by Crippen LogP contribution is 2.49. The van der Waals surface area contributed by atoms with Crippen LogP contribution in [-0.4, -0.2) is 58.2 Å². The summed E-state index contributed by atoms with van der Waals surface area (Å²) in [6.45, 7) is 0.429. The number of carbonyl (C=O) groups is 3. The van der Waals surface area contributed by atoms with Crippen LogP contribution in [0.4, 0.5) is 22.0 Å². The van der Waals surface area contributed by atoms with Crippen LogP contribution in [0.25, 0.3) is 10.9 Å². The molecule has 202 valence electrons. The molecule has 13 heteroatoms. The van der Waals surface area contributed by atoms with Gasteiger partial charge in [0.2, 0.25) is 11.8 Å². The molecule has 3 amide bonds. The number of aromatic nitrogens is 1. The van der Waals surface area contributed by atoms with E-state index in [2.05, 4.69) is 15.6 Å². The lowest BCUT2D eigenvalue weighted by atomic mass is 9.71. The van der Waals surface area contributed by atoms with Gasteiger partial charge < -0.3 is 20.5 Å². The van der Waals surface area contributed by atoms with Crippen molar-refractivity contribution in [1.82, 2.24) is 20.5 Å². The fourth-order valence-electron chi connectivity index (χ4n) is 6.02. The van der Waals surface area contributed by atoms with Gasteiger partial charge in [-0.05, 0) is 43.9 Å². The molecule has 3 aliphatic heterocycles. The van der Waals surface area contributed by atoms with E-state index in [1.54, 1.807) is 0 Å². The molecular formula is C25H24F5N5O3. The van der Waals surface area contributed by atoms with E-state index in [0.29, 0.717) is 19.0 Å². The van der Waals surface area contributed by atoms with Gasteiger partial charge in [-0.1, -0.05) is 0 Å². The molecule has 1 aromatic heterocycles. The summed E-state index contributed by atoms with van der Waals surface area (Å²) in [5.74, 6) is -8.31. The number of nitrogens with zero attached hydrogens (tertiary/aromatic N) is 2. The maximum absolute atomic E-state index is 14.9. The smallest absolute Gasteiger partial charge is 0.271 e. The minimum Gasteiger partial charge on any atom is -0.356 e. The molecule has 4 fully saturated rings. The molecule has 4 heterocycles. The van der Waals surface area contributed by atoms with Crippen molar-refractivity contribution in [1.29, 1.82) is 5.26 Å². The normalized spacial score (nSPS) is 26.9. The zero-order valence-corrected chi connectivity index (χ0v) is 19.9. The van der Waals surface area contributed by atoms with E-state index >= 15 is 0 Å².